The Morgan fingerprint density at radius 3 is 2.35 bits per heavy atom. The number of ether oxygens (including phenoxy) is 2. The lowest BCUT2D eigenvalue weighted by molar-refractivity contribution is -0.133. The number of nitrogens with one attached hydrogen (secondary N) is 2. The van der Waals surface area contributed by atoms with Crippen LogP contribution in [0.3, 0.4) is 0 Å². The second kappa shape index (κ2) is 9.82. The Morgan fingerprint density at radius 1 is 1.00 bits per heavy atom. The molecule has 2 amide bonds. The fraction of sp³-hybridized carbons (Fsp3) is 0.348. The van der Waals surface area contributed by atoms with Crippen LogP contribution in [0.25, 0.3) is 0 Å². The number of rotatable bonds is 7. The van der Waals surface area contributed by atoms with Crippen LogP contribution in [0.2, 0.25) is 0 Å². The molecule has 0 aromatic heterocycles. The van der Waals surface area contributed by atoms with Gasteiger partial charge in [0.15, 0.2) is 17.3 Å². The van der Waals surface area contributed by atoms with E-state index in [0.717, 1.165) is 0 Å². The topological polar surface area (TPSA) is 131 Å². The molecule has 0 unspecified atom stereocenters. The highest BCUT2D eigenvalue weighted by atomic mass is 32.2. The average Bonchev–Trinajstić information content (AvgIpc) is 3.30. The van der Waals surface area contributed by atoms with E-state index in [-0.39, 0.29) is 41.7 Å². The Hall–Kier alpha value is -3.44. The van der Waals surface area contributed by atoms with Gasteiger partial charge in [-0.05, 0) is 44.0 Å². The van der Waals surface area contributed by atoms with Crippen molar-refractivity contribution in [3.05, 3.63) is 48.0 Å². The molecule has 0 bridgehead atoms. The smallest absolute Gasteiger partial charge is 0.241 e. The van der Waals surface area contributed by atoms with Gasteiger partial charge in [0.05, 0.1) is 11.4 Å². The van der Waals surface area contributed by atoms with Crippen LogP contribution in [0.15, 0.2) is 47.4 Å². The standard InChI is InChI=1S/C23H25N3O7S/c1-15(27)16-2-5-19(6-3-16)34(30,31)24-13-22(28)26-10-8-17(9-11-26)23(29)25-18-4-7-20-21(12-18)33-14-32-20/h2-7,12,17,24H,8-11,13-14H2,1H3,(H,25,29). The number of hydrogen-bond donors (Lipinski definition) is 2. The van der Waals surface area contributed by atoms with E-state index in [4.69, 9.17) is 9.47 Å². The molecule has 0 radical (unpaired) electrons. The number of amides is 2. The number of likely N-dealkylation sites (tertiary alicyclic amines) is 1. The molecule has 2 aromatic carbocycles. The van der Waals surface area contributed by atoms with E-state index in [0.29, 0.717) is 48.7 Å². The molecule has 2 aliphatic heterocycles. The van der Waals surface area contributed by atoms with Crippen LogP contribution in [0.4, 0.5) is 5.69 Å². The molecule has 2 aromatic rings. The van der Waals surface area contributed by atoms with Crippen molar-refractivity contribution >= 4 is 33.3 Å². The maximum absolute atomic E-state index is 12.6. The summed E-state index contributed by atoms with van der Waals surface area (Å²) in [6.45, 7) is 1.87. The van der Waals surface area contributed by atoms with Gasteiger partial charge >= 0.3 is 0 Å². The van der Waals surface area contributed by atoms with Gasteiger partial charge in [0, 0.05) is 36.3 Å². The Bertz CT molecular complexity index is 1200. The SMILES string of the molecule is CC(=O)c1ccc(S(=O)(=O)NCC(=O)N2CCC(C(=O)Nc3ccc4c(c3)OCO4)CC2)cc1. The van der Waals surface area contributed by atoms with Crippen molar-refractivity contribution in [2.75, 3.05) is 31.7 Å². The van der Waals surface area contributed by atoms with E-state index in [1.54, 1.807) is 23.1 Å². The number of carbonyl (C=O) groups is 3. The molecule has 0 spiro atoms. The highest BCUT2D eigenvalue weighted by Crippen LogP contribution is 2.34. The van der Waals surface area contributed by atoms with Crippen LogP contribution in [0.5, 0.6) is 11.5 Å². The molecular formula is C23H25N3O7S. The number of Topliss-reactive ketones (excluding diaryl/α,β-unsaturated/α-hetero) is 1. The zero-order chi connectivity index (χ0) is 24.3. The highest BCUT2D eigenvalue weighted by Gasteiger charge is 2.28. The summed E-state index contributed by atoms with van der Waals surface area (Å²) in [5.41, 5.74) is 1.01. The molecule has 0 aliphatic carbocycles. The number of anilines is 1. The Kier molecular flexibility index (Phi) is 6.85. The van der Waals surface area contributed by atoms with Gasteiger partial charge in [-0.15, -0.1) is 0 Å². The second-order valence-electron chi connectivity index (χ2n) is 8.12. The fourth-order valence-corrected chi connectivity index (χ4v) is 4.80. The van der Waals surface area contributed by atoms with Crippen molar-refractivity contribution in [3.8, 4) is 11.5 Å². The number of benzene rings is 2. The molecule has 2 heterocycles. The fourth-order valence-electron chi connectivity index (χ4n) is 3.83. The molecule has 0 atom stereocenters. The lowest BCUT2D eigenvalue weighted by Gasteiger charge is -2.31. The normalized spacial score (nSPS) is 15.7. The van der Waals surface area contributed by atoms with Crippen molar-refractivity contribution < 1.29 is 32.3 Å². The van der Waals surface area contributed by atoms with Gasteiger partial charge in [0.25, 0.3) is 0 Å². The summed E-state index contributed by atoms with van der Waals surface area (Å²) >= 11 is 0. The molecule has 180 valence electrons. The van der Waals surface area contributed by atoms with Crippen LogP contribution in [0, 0.1) is 5.92 Å². The second-order valence-corrected chi connectivity index (χ2v) is 9.88. The molecule has 0 saturated carbocycles. The molecule has 4 rings (SSSR count). The van der Waals surface area contributed by atoms with Crippen LogP contribution < -0.4 is 19.5 Å². The number of fused-ring (bicyclic) bond motifs is 1. The quantitative estimate of drug-likeness (QED) is 0.569. The number of sulfonamides is 1. The largest absolute Gasteiger partial charge is 0.454 e. The van der Waals surface area contributed by atoms with Gasteiger partial charge in [0.2, 0.25) is 28.6 Å². The maximum Gasteiger partial charge on any atom is 0.241 e. The third-order valence-electron chi connectivity index (χ3n) is 5.84. The first-order valence-corrected chi connectivity index (χ1v) is 12.3. The molecule has 2 aliphatic rings. The summed E-state index contributed by atoms with van der Waals surface area (Å²) < 4.78 is 37.8. The third kappa shape index (κ3) is 5.37. The molecule has 2 N–H and O–H groups in total. The minimum absolute atomic E-state index is 0.0239. The lowest BCUT2D eigenvalue weighted by Crippen LogP contribution is -2.45. The van der Waals surface area contributed by atoms with Crippen LogP contribution >= 0.6 is 0 Å². The Labute approximate surface area is 197 Å². The summed E-state index contributed by atoms with van der Waals surface area (Å²) in [7, 11) is -3.89. The number of ketones is 1. The molecular weight excluding hydrogens is 462 g/mol. The average molecular weight is 488 g/mol. The molecule has 10 nitrogen and oxygen atoms in total. The summed E-state index contributed by atoms with van der Waals surface area (Å²) in [6.07, 6.45) is 0.947. The predicted octanol–water partition coefficient (Wildman–Crippen LogP) is 1.77. The van der Waals surface area contributed by atoms with Crippen molar-refractivity contribution in [2.24, 2.45) is 5.92 Å². The van der Waals surface area contributed by atoms with E-state index in [2.05, 4.69) is 10.0 Å². The van der Waals surface area contributed by atoms with Crippen LogP contribution in [-0.4, -0.2) is 57.3 Å². The van der Waals surface area contributed by atoms with E-state index < -0.39 is 10.0 Å². The number of carbonyl (C=O) groups excluding carboxylic acids is 3. The Morgan fingerprint density at radius 2 is 1.68 bits per heavy atom. The monoisotopic (exact) mass is 487 g/mol. The van der Waals surface area contributed by atoms with Crippen molar-refractivity contribution in [1.29, 1.82) is 0 Å². The van der Waals surface area contributed by atoms with Crippen molar-refractivity contribution in [2.45, 2.75) is 24.7 Å². The minimum Gasteiger partial charge on any atom is -0.454 e. The summed E-state index contributed by atoms with van der Waals surface area (Å²) in [6, 6.07) is 10.7. The first-order valence-electron chi connectivity index (χ1n) is 10.8. The number of piperidine rings is 1. The van der Waals surface area contributed by atoms with E-state index in [1.165, 1.54) is 31.2 Å². The minimum atomic E-state index is -3.89. The summed E-state index contributed by atoms with van der Waals surface area (Å²) in [5, 5.41) is 2.87. The van der Waals surface area contributed by atoms with Gasteiger partial charge in [-0.25, -0.2) is 13.1 Å². The van der Waals surface area contributed by atoms with Gasteiger partial charge in [-0.3, -0.25) is 14.4 Å². The number of nitrogens with zero attached hydrogens (tertiary/aromatic N) is 1. The first-order chi connectivity index (χ1) is 16.2. The van der Waals surface area contributed by atoms with Gasteiger partial charge in [-0.1, -0.05) is 12.1 Å². The van der Waals surface area contributed by atoms with Crippen molar-refractivity contribution in [3.63, 3.8) is 0 Å². The van der Waals surface area contributed by atoms with Gasteiger partial charge in [-0.2, -0.15) is 0 Å². The molecule has 1 fully saturated rings. The van der Waals surface area contributed by atoms with E-state index in [1.807, 2.05) is 0 Å². The highest BCUT2D eigenvalue weighted by molar-refractivity contribution is 7.89. The summed E-state index contributed by atoms with van der Waals surface area (Å²) in [5.74, 6) is 0.286. The summed E-state index contributed by atoms with van der Waals surface area (Å²) in [4.78, 5) is 38.0. The maximum atomic E-state index is 12.6. The lowest BCUT2D eigenvalue weighted by atomic mass is 9.95. The number of hydrogen-bond acceptors (Lipinski definition) is 7. The van der Waals surface area contributed by atoms with E-state index >= 15 is 0 Å². The predicted molar refractivity (Wildman–Crippen MR) is 122 cm³/mol. The van der Waals surface area contributed by atoms with E-state index in [9.17, 15) is 22.8 Å². The molecule has 34 heavy (non-hydrogen) atoms. The molecule has 1 saturated heterocycles. The van der Waals surface area contributed by atoms with Crippen molar-refractivity contribution in [1.82, 2.24) is 9.62 Å². The van der Waals surface area contributed by atoms with Gasteiger partial charge in [0.1, 0.15) is 0 Å². The molecule has 11 heteroatoms. The Balaban J connectivity index is 1.25. The third-order valence-corrected chi connectivity index (χ3v) is 7.26. The zero-order valence-electron chi connectivity index (χ0n) is 18.6. The van der Waals surface area contributed by atoms with Crippen LogP contribution in [0.1, 0.15) is 30.1 Å². The van der Waals surface area contributed by atoms with Gasteiger partial charge < -0.3 is 19.7 Å². The van der Waals surface area contributed by atoms with Crippen LogP contribution in [-0.2, 0) is 19.6 Å². The first kappa shape index (κ1) is 23.7. The zero-order valence-corrected chi connectivity index (χ0v) is 19.4.